The van der Waals surface area contributed by atoms with Crippen molar-refractivity contribution >= 4 is 10.8 Å². The number of rotatable bonds is 4. The smallest absolute Gasteiger partial charge is 0.391 e. The van der Waals surface area contributed by atoms with E-state index in [-0.39, 0.29) is 18.9 Å². The second kappa shape index (κ2) is 8.85. The van der Waals surface area contributed by atoms with Gasteiger partial charge in [0.1, 0.15) is 17.4 Å². The van der Waals surface area contributed by atoms with Crippen LogP contribution in [-0.4, -0.2) is 30.3 Å². The van der Waals surface area contributed by atoms with E-state index in [2.05, 4.69) is 23.1 Å². The molecule has 0 spiro atoms. The van der Waals surface area contributed by atoms with Gasteiger partial charge >= 0.3 is 6.18 Å². The van der Waals surface area contributed by atoms with Gasteiger partial charge in [-0.1, -0.05) is 24.6 Å². The average molecular weight is 416 g/mol. The first-order chi connectivity index (χ1) is 14.4. The molecule has 0 aromatic heterocycles. The molecule has 2 aromatic rings. The Bertz CT molecular complexity index is 920. The SMILES string of the molecule is N#Cc1c(OC2CCC(C(F)(F)F)CC2)ccc2ccc(CN3CCCCC3)cc12. The van der Waals surface area contributed by atoms with E-state index in [0.29, 0.717) is 24.2 Å². The maximum absolute atomic E-state index is 12.9. The van der Waals surface area contributed by atoms with Crippen LogP contribution in [0, 0.1) is 17.2 Å². The Morgan fingerprint density at radius 1 is 1.00 bits per heavy atom. The number of nitrogens with zero attached hydrogens (tertiary/aromatic N) is 2. The Balaban J connectivity index is 1.51. The second-order valence-corrected chi connectivity index (χ2v) is 8.58. The third-order valence-corrected chi connectivity index (χ3v) is 6.45. The Morgan fingerprint density at radius 2 is 1.70 bits per heavy atom. The third-order valence-electron chi connectivity index (χ3n) is 6.45. The highest BCUT2D eigenvalue weighted by molar-refractivity contribution is 5.90. The number of piperidine rings is 1. The lowest BCUT2D eigenvalue weighted by atomic mass is 9.87. The van der Waals surface area contributed by atoms with Gasteiger partial charge in [0.25, 0.3) is 0 Å². The van der Waals surface area contributed by atoms with E-state index < -0.39 is 12.1 Å². The summed E-state index contributed by atoms with van der Waals surface area (Å²) in [6.07, 6.45) is 0.244. The standard InChI is InChI=1S/C24H27F3N2O/c25-24(26,27)19-7-9-20(10-8-19)30-23-11-6-18-5-4-17(14-21(18)22(23)15-28)16-29-12-2-1-3-13-29/h4-6,11,14,19-20H,1-3,7-10,12-13,16H2. The molecule has 1 aliphatic carbocycles. The molecule has 2 fully saturated rings. The molecular formula is C24H27F3N2O. The quantitative estimate of drug-likeness (QED) is 0.596. The molecule has 4 rings (SSSR count). The monoisotopic (exact) mass is 416 g/mol. The van der Waals surface area contributed by atoms with Gasteiger partial charge in [-0.25, -0.2) is 0 Å². The van der Waals surface area contributed by atoms with Gasteiger partial charge < -0.3 is 4.74 Å². The van der Waals surface area contributed by atoms with Crippen molar-refractivity contribution in [2.24, 2.45) is 5.92 Å². The highest BCUT2D eigenvalue weighted by Crippen LogP contribution is 2.39. The molecule has 2 aromatic carbocycles. The maximum Gasteiger partial charge on any atom is 0.391 e. The maximum atomic E-state index is 12.9. The normalized spacial score (nSPS) is 23.3. The summed E-state index contributed by atoms with van der Waals surface area (Å²) < 4.78 is 44.8. The van der Waals surface area contributed by atoms with Crippen molar-refractivity contribution in [2.75, 3.05) is 13.1 Å². The molecule has 1 heterocycles. The zero-order chi connectivity index (χ0) is 21.1. The molecule has 2 aliphatic rings. The zero-order valence-corrected chi connectivity index (χ0v) is 17.0. The van der Waals surface area contributed by atoms with E-state index >= 15 is 0 Å². The van der Waals surface area contributed by atoms with E-state index in [9.17, 15) is 18.4 Å². The van der Waals surface area contributed by atoms with Crippen LogP contribution in [0.15, 0.2) is 30.3 Å². The summed E-state index contributed by atoms with van der Waals surface area (Å²) in [5.41, 5.74) is 1.65. The molecule has 6 heteroatoms. The Kier molecular flexibility index (Phi) is 6.19. The van der Waals surface area contributed by atoms with Gasteiger partial charge in [-0.2, -0.15) is 18.4 Å². The number of alkyl halides is 3. The Morgan fingerprint density at radius 3 is 2.37 bits per heavy atom. The largest absolute Gasteiger partial charge is 0.489 e. The molecule has 0 radical (unpaired) electrons. The number of benzene rings is 2. The van der Waals surface area contributed by atoms with Crippen LogP contribution in [0.3, 0.4) is 0 Å². The minimum Gasteiger partial charge on any atom is -0.489 e. The van der Waals surface area contributed by atoms with Crippen LogP contribution in [0.25, 0.3) is 10.8 Å². The lowest BCUT2D eigenvalue weighted by Gasteiger charge is -2.30. The van der Waals surface area contributed by atoms with Crippen LogP contribution in [-0.2, 0) is 6.54 Å². The fraction of sp³-hybridized carbons (Fsp3) is 0.542. The molecular weight excluding hydrogens is 389 g/mol. The fourth-order valence-corrected chi connectivity index (χ4v) is 4.72. The van der Waals surface area contributed by atoms with Gasteiger partial charge in [-0.3, -0.25) is 4.90 Å². The van der Waals surface area contributed by atoms with Crippen LogP contribution in [0.4, 0.5) is 13.2 Å². The molecule has 0 atom stereocenters. The molecule has 0 N–H and O–H groups in total. The molecule has 30 heavy (non-hydrogen) atoms. The van der Waals surface area contributed by atoms with Gasteiger partial charge in [-0.05, 0) is 74.7 Å². The van der Waals surface area contributed by atoms with Crippen molar-refractivity contribution in [3.05, 3.63) is 41.5 Å². The molecule has 1 aliphatic heterocycles. The molecule has 0 amide bonds. The van der Waals surface area contributed by atoms with E-state index in [1.54, 1.807) is 6.07 Å². The van der Waals surface area contributed by atoms with E-state index in [0.717, 1.165) is 30.4 Å². The third kappa shape index (κ3) is 4.73. The predicted molar refractivity (Wildman–Crippen MR) is 110 cm³/mol. The number of hydrogen-bond donors (Lipinski definition) is 0. The first-order valence-electron chi connectivity index (χ1n) is 10.9. The van der Waals surface area contributed by atoms with Gasteiger partial charge in [0.2, 0.25) is 0 Å². The summed E-state index contributed by atoms with van der Waals surface area (Å²) in [7, 11) is 0. The van der Waals surface area contributed by atoms with E-state index in [1.165, 1.54) is 24.8 Å². The number of halogens is 3. The van der Waals surface area contributed by atoms with Crippen molar-refractivity contribution in [3.8, 4) is 11.8 Å². The van der Waals surface area contributed by atoms with E-state index in [4.69, 9.17) is 4.74 Å². The van der Waals surface area contributed by atoms with Crippen LogP contribution in [0.5, 0.6) is 5.75 Å². The fourth-order valence-electron chi connectivity index (χ4n) is 4.72. The topological polar surface area (TPSA) is 36.3 Å². The number of likely N-dealkylation sites (tertiary alicyclic amines) is 1. The molecule has 1 saturated carbocycles. The summed E-state index contributed by atoms with van der Waals surface area (Å²) in [6.45, 7) is 3.08. The molecule has 1 saturated heterocycles. The molecule has 0 unspecified atom stereocenters. The predicted octanol–water partition coefficient (Wildman–Crippen LogP) is 6.20. The molecule has 160 valence electrons. The molecule has 0 bridgehead atoms. The van der Waals surface area contributed by atoms with Crippen molar-refractivity contribution in [3.63, 3.8) is 0 Å². The highest BCUT2D eigenvalue weighted by Gasteiger charge is 2.41. The highest BCUT2D eigenvalue weighted by atomic mass is 19.4. The second-order valence-electron chi connectivity index (χ2n) is 8.58. The lowest BCUT2D eigenvalue weighted by molar-refractivity contribution is -0.185. The van der Waals surface area contributed by atoms with Crippen LogP contribution in [0.2, 0.25) is 0 Å². The number of ether oxygens (including phenoxy) is 1. The summed E-state index contributed by atoms with van der Waals surface area (Å²) in [6, 6.07) is 12.2. The first-order valence-corrected chi connectivity index (χ1v) is 10.9. The van der Waals surface area contributed by atoms with Crippen molar-refractivity contribution < 1.29 is 17.9 Å². The molecule has 3 nitrogen and oxygen atoms in total. The van der Waals surface area contributed by atoms with Gasteiger partial charge in [0.15, 0.2) is 0 Å². The zero-order valence-electron chi connectivity index (χ0n) is 17.0. The van der Waals surface area contributed by atoms with Crippen LogP contribution >= 0.6 is 0 Å². The van der Waals surface area contributed by atoms with Gasteiger partial charge in [0, 0.05) is 11.9 Å². The Labute approximate surface area is 175 Å². The van der Waals surface area contributed by atoms with Crippen molar-refractivity contribution in [1.82, 2.24) is 4.90 Å². The lowest BCUT2D eigenvalue weighted by Crippen LogP contribution is -2.32. The van der Waals surface area contributed by atoms with Gasteiger partial charge in [-0.15, -0.1) is 0 Å². The van der Waals surface area contributed by atoms with E-state index in [1.807, 2.05) is 12.1 Å². The number of hydrogen-bond acceptors (Lipinski definition) is 3. The average Bonchev–Trinajstić information content (AvgIpc) is 2.74. The summed E-state index contributed by atoms with van der Waals surface area (Å²) in [4.78, 5) is 2.44. The van der Waals surface area contributed by atoms with Crippen molar-refractivity contribution in [2.45, 2.75) is 63.8 Å². The van der Waals surface area contributed by atoms with Gasteiger partial charge in [0.05, 0.1) is 12.0 Å². The summed E-state index contributed by atoms with van der Waals surface area (Å²) >= 11 is 0. The minimum atomic E-state index is -4.13. The summed E-state index contributed by atoms with van der Waals surface area (Å²) in [5, 5.41) is 11.6. The summed E-state index contributed by atoms with van der Waals surface area (Å²) in [5.74, 6) is -0.752. The number of fused-ring (bicyclic) bond motifs is 1. The number of nitriles is 1. The first kappa shape index (κ1) is 21.0. The van der Waals surface area contributed by atoms with Crippen LogP contribution in [0.1, 0.15) is 56.1 Å². The van der Waals surface area contributed by atoms with Crippen LogP contribution < -0.4 is 4.74 Å². The minimum absolute atomic E-state index is 0.0869. The Hall–Kier alpha value is -2.26. The van der Waals surface area contributed by atoms with Crippen molar-refractivity contribution in [1.29, 1.82) is 5.26 Å².